The Kier molecular flexibility index (Phi) is 7.77. The Morgan fingerprint density at radius 3 is 2.18 bits per heavy atom. The first-order valence-electron chi connectivity index (χ1n) is 12.1. The first kappa shape index (κ1) is 24.5. The second-order valence-electron chi connectivity index (χ2n) is 8.85. The molecule has 4 rings (SSSR count). The van der Waals surface area contributed by atoms with E-state index in [-0.39, 0.29) is 5.91 Å². The predicted molar refractivity (Wildman–Crippen MR) is 143 cm³/mol. The number of rotatable bonds is 10. The molecule has 5 heteroatoms. The minimum absolute atomic E-state index is 0.135. The molecule has 0 N–H and O–H groups in total. The number of fused-ring (bicyclic) bond motifs is 1. The Morgan fingerprint density at radius 1 is 0.882 bits per heavy atom. The minimum Gasteiger partial charge on any atom is -0.304 e. The van der Waals surface area contributed by atoms with Crippen LogP contribution in [0, 0.1) is 0 Å². The van der Waals surface area contributed by atoms with Gasteiger partial charge in [0.25, 0.3) is 5.91 Å². The summed E-state index contributed by atoms with van der Waals surface area (Å²) >= 11 is 1.74. The number of hydrazine groups is 1. The van der Waals surface area contributed by atoms with Gasteiger partial charge >= 0.3 is 0 Å². The molecule has 4 nitrogen and oxygen atoms in total. The molecule has 3 aromatic rings. The summed E-state index contributed by atoms with van der Waals surface area (Å²) in [4.78, 5) is 18.1. The largest absolute Gasteiger partial charge is 0.304 e. The summed E-state index contributed by atoms with van der Waals surface area (Å²) < 4.78 is 0. The zero-order valence-corrected chi connectivity index (χ0v) is 21.5. The second kappa shape index (κ2) is 10.8. The number of para-hydroxylation sites is 1. The Hall–Kier alpha value is -2.60. The SMILES string of the molecule is CCN(CC)CCC1(c2ccccc2)C(=O)N(N(C)Cc2ccc(SC)cc2)c2ccccc21. The van der Waals surface area contributed by atoms with Crippen molar-refractivity contribution in [2.75, 3.05) is 37.9 Å². The Morgan fingerprint density at radius 2 is 1.53 bits per heavy atom. The average molecular weight is 474 g/mol. The number of amides is 1. The molecule has 178 valence electrons. The zero-order valence-electron chi connectivity index (χ0n) is 20.7. The van der Waals surface area contributed by atoms with E-state index in [0.717, 1.165) is 42.9 Å². The Bertz CT molecular complexity index is 1100. The van der Waals surface area contributed by atoms with Crippen LogP contribution in [0.2, 0.25) is 0 Å². The molecule has 0 fully saturated rings. The van der Waals surface area contributed by atoms with Gasteiger partial charge in [-0.2, -0.15) is 0 Å². The fraction of sp³-hybridized carbons (Fsp3) is 0.345. The van der Waals surface area contributed by atoms with E-state index in [1.807, 2.05) is 36.3 Å². The molecule has 0 saturated carbocycles. The Labute approximate surface area is 208 Å². The molecular formula is C29H35N3OS. The van der Waals surface area contributed by atoms with Crippen molar-refractivity contribution < 1.29 is 4.79 Å². The lowest BCUT2D eigenvalue weighted by Crippen LogP contribution is -2.49. The third-order valence-electron chi connectivity index (χ3n) is 7.03. The van der Waals surface area contributed by atoms with Crippen molar-refractivity contribution >= 4 is 23.4 Å². The standard InChI is InChI=1S/C29H35N3OS/c1-5-31(6-2)21-20-29(24-12-8-7-9-13-24)26-14-10-11-15-27(26)32(28(29)33)30(3)22-23-16-18-25(34-4)19-17-23/h7-19H,5-6,20-22H2,1-4H3. The van der Waals surface area contributed by atoms with Crippen molar-refractivity contribution in [2.24, 2.45) is 0 Å². The van der Waals surface area contributed by atoms with Crippen LogP contribution >= 0.6 is 11.8 Å². The van der Waals surface area contributed by atoms with E-state index in [1.54, 1.807) is 11.8 Å². The van der Waals surface area contributed by atoms with Gasteiger partial charge in [0.05, 0.1) is 5.69 Å². The molecule has 3 aromatic carbocycles. The molecule has 0 aliphatic carbocycles. The van der Waals surface area contributed by atoms with Crippen LogP contribution in [0.3, 0.4) is 0 Å². The van der Waals surface area contributed by atoms with Gasteiger partial charge in [0, 0.05) is 18.5 Å². The number of carbonyl (C=O) groups is 1. The molecule has 0 radical (unpaired) electrons. The number of hydrogen-bond donors (Lipinski definition) is 0. The smallest absolute Gasteiger partial charge is 0.256 e. The number of benzene rings is 3. The van der Waals surface area contributed by atoms with Gasteiger partial charge in [0.1, 0.15) is 5.41 Å². The van der Waals surface area contributed by atoms with Crippen LogP contribution in [0.15, 0.2) is 83.8 Å². The highest BCUT2D eigenvalue weighted by molar-refractivity contribution is 7.98. The van der Waals surface area contributed by atoms with Gasteiger partial charge in [0.15, 0.2) is 0 Å². The molecule has 1 aliphatic heterocycles. The molecule has 1 amide bonds. The number of anilines is 1. The van der Waals surface area contributed by atoms with E-state index in [2.05, 4.69) is 84.6 Å². The van der Waals surface area contributed by atoms with E-state index >= 15 is 0 Å². The Balaban J connectivity index is 1.74. The summed E-state index contributed by atoms with van der Waals surface area (Å²) in [7, 11) is 2.02. The number of thioether (sulfide) groups is 1. The molecular weight excluding hydrogens is 438 g/mol. The van der Waals surface area contributed by atoms with Crippen LogP contribution in [0.4, 0.5) is 5.69 Å². The van der Waals surface area contributed by atoms with E-state index in [1.165, 1.54) is 10.5 Å². The van der Waals surface area contributed by atoms with Crippen molar-refractivity contribution in [3.8, 4) is 0 Å². The molecule has 1 aliphatic rings. The van der Waals surface area contributed by atoms with Gasteiger partial charge in [-0.15, -0.1) is 11.8 Å². The number of carbonyl (C=O) groups excluding carboxylic acids is 1. The summed E-state index contributed by atoms with van der Waals surface area (Å²) in [6.07, 6.45) is 2.84. The fourth-order valence-electron chi connectivity index (χ4n) is 5.08. The highest BCUT2D eigenvalue weighted by Crippen LogP contribution is 2.49. The first-order chi connectivity index (χ1) is 16.5. The van der Waals surface area contributed by atoms with Gasteiger partial charge in [-0.25, -0.2) is 10.0 Å². The molecule has 0 bridgehead atoms. The van der Waals surface area contributed by atoms with Gasteiger partial charge in [-0.05, 0) is 67.2 Å². The normalized spacial score (nSPS) is 17.6. The maximum Gasteiger partial charge on any atom is 0.256 e. The van der Waals surface area contributed by atoms with Crippen LogP contribution < -0.4 is 5.01 Å². The summed E-state index contributed by atoms with van der Waals surface area (Å²) in [5, 5.41) is 3.98. The number of hydrogen-bond acceptors (Lipinski definition) is 4. The van der Waals surface area contributed by atoms with Crippen molar-refractivity contribution in [2.45, 2.75) is 37.1 Å². The molecule has 1 unspecified atom stereocenters. The highest BCUT2D eigenvalue weighted by atomic mass is 32.2. The quantitative estimate of drug-likeness (QED) is 0.347. The van der Waals surface area contributed by atoms with Crippen molar-refractivity contribution in [1.29, 1.82) is 0 Å². The zero-order chi connectivity index (χ0) is 24.1. The minimum atomic E-state index is -0.697. The van der Waals surface area contributed by atoms with Crippen LogP contribution in [-0.2, 0) is 16.8 Å². The van der Waals surface area contributed by atoms with Crippen LogP contribution in [0.5, 0.6) is 0 Å². The van der Waals surface area contributed by atoms with Crippen molar-refractivity contribution in [3.63, 3.8) is 0 Å². The van der Waals surface area contributed by atoms with Crippen LogP contribution in [0.25, 0.3) is 0 Å². The maximum absolute atomic E-state index is 14.5. The van der Waals surface area contributed by atoms with Gasteiger partial charge in [-0.1, -0.05) is 74.5 Å². The summed E-state index contributed by atoms with van der Waals surface area (Å²) in [6.45, 7) is 7.86. The molecule has 0 aromatic heterocycles. The summed E-state index contributed by atoms with van der Waals surface area (Å²) in [5.74, 6) is 0.135. The van der Waals surface area contributed by atoms with Crippen molar-refractivity contribution in [3.05, 3.63) is 95.6 Å². The van der Waals surface area contributed by atoms with E-state index < -0.39 is 5.41 Å². The molecule has 0 spiro atoms. The van der Waals surface area contributed by atoms with Gasteiger partial charge in [0.2, 0.25) is 0 Å². The molecule has 1 atom stereocenters. The maximum atomic E-state index is 14.5. The van der Waals surface area contributed by atoms with Crippen molar-refractivity contribution in [1.82, 2.24) is 9.91 Å². The number of nitrogens with zero attached hydrogens (tertiary/aromatic N) is 3. The molecule has 0 saturated heterocycles. The van der Waals surface area contributed by atoms with Gasteiger partial charge in [-0.3, -0.25) is 4.79 Å². The molecule has 34 heavy (non-hydrogen) atoms. The fourth-order valence-corrected chi connectivity index (χ4v) is 5.49. The van der Waals surface area contributed by atoms with Gasteiger partial charge < -0.3 is 4.90 Å². The highest BCUT2D eigenvalue weighted by Gasteiger charge is 2.52. The average Bonchev–Trinajstić information content (AvgIpc) is 3.14. The van der Waals surface area contributed by atoms with Crippen LogP contribution in [0.1, 0.15) is 37.0 Å². The topological polar surface area (TPSA) is 26.8 Å². The lowest BCUT2D eigenvalue weighted by molar-refractivity contribution is -0.125. The summed E-state index contributed by atoms with van der Waals surface area (Å²) in [6, 6.07) is 27.3. The van der Waals surface area contributed by atoms with Crippen LogP contribution in [-0.4, -0.2) is 48.8 Å². The lowest BCUT2D eigenvalue weighted by atomic mass is 9.72. The van der Waals surface area contributed by atoms with E-state index in [4.69, 9.17) is 0 Å². The third-order valence-corrected chi connectivity index (χ3v) is 7.77. The lowest BCUT2D eigenvalue weighted by Gasteiger charge is -2.34. The monoisotopic (exact) mass is 473 g/mol. The third kappa shape index (κ3) is 4.52. The van der Waals surface area contributed by atoms with E-state index in [9.17, 15) is 4.79 Å². The predicted octanol–water partition coefficient (Wildman–Crippen LogP) is 5.82. The second-order valence-corrected chi connectivity index (χ2v) is 9.73. The molecule has 1 heterocycles. The summed E-state index contributed by atoms with van der Waals surface area (Å²) in [5.41, 5.74) is 3.64. The van der Waals surface area contributed by atoms with E-state index in [0.29, 0.717) is 6.54 Å². The first-order valence-corrected chi connectivity index (χ1v) is 13.3.